The smallest absolute Gasteiger partial charge is 0.0929 e. The molecule has 1 aromatic rings. The van der Waals surface area contributed by atoms with Gasteiger partial charge >= 0.3 is 0 Å². The molecule has 88 valence electrons. The van der Waals surface area contributed by atoms with E-state index < -0.39 is 6.10 Å². The highest BCUT2D eigenvalue weighted by atomic mass is 35.5. The van der Waals surface area contributed by atoms with Crippen LogP contribution in [0.15, 0.2) is 18.2 Å². The number of benzene rings is 1. The molecule has 2 nitrogen and oxygen atoms in total. The summed E-state index contributed by atoms with van der Waals surface area (Å²) in [6.07, 6.45) is 3.10. The molecule has 0 saturated heterocycles. The minimum atomic E-state index is -0.591. The van der Waals surface area contributed by atoms with Crippen LogP contribution in [0.1, 0.15) is 30.9 Å². The third kappa shape index (κ3) is 2.89. The number of hydrogen-bond donors (Lipinski definition) is 2. The summed E-state index contributed by atoms with van der Waals surface area (Å²) in [6.45, 7) is 0.532. The first kappa shape index (κ1) is 12.2. The molecule has 1 saturated carbocycles. The summed E-state index contributed by atoms with van der Waals surface area (Å²) in [4.78, 5) is 0. The molecule has 0 radical (unpaired) electrons. The molecule has 0 bridgehead atoms. The number of nitrogens with one attached hydrogen (secondary N) is 1. The molecule has 2 rings (SSSR count). The summed E-state index contributed by atoms with van der Waals surface area (Å²) >= 11 is 11.9. The van der Waals surface area contributed by atoms with E-state index in [-0.39, 0.29) is 0 Å². The number of aliphatic hydroxyl groups excluding tert-OH is 1. The van der Waals surface area contributed by atoms with Crippen LogP contribution in [0.3, 0.4) is 0 Å². The minimum absolute atomic E-state index is 0.532. The Morgan fingerprint density at radius 2 is 2.12 bits per heavy atom. The van der Waals surface area contributed by atoms with Crippen molar-refractivity contribution in [3.63, 3.8) is 0 Å². The van der Waals surface area contributed by atoms with Gasteiger partial charge in [0.05, 0.1) is 6.10 Å². The maximum Gasteiger partial charge on any atom is 0.0929 e. The molecule has 1 atom stereocenters. The molecule has 0 amide bonds. The zero-order valence-corrected chi connectivity index (χ0v) is 10.4. The van der Waals surface area contributed by atoms with E-state index in [4.69, 9.17) is 23.2 Å². The van der Waals surface area contributed by atoms with Gasteiger partial charge in [-0.25, -0.2) is 0 Å². The van der Waals surface area contributed by atoms with Crippen molar-refractivity contribution in [3.8, 4) is 0 Å². The van der Waals surface area contributed by atoms with Crippen LogP contribution in [0.25, 0.3) is 0 Å². The third-order valence-electron chi connectivity index (χ3n) is 3.02. The van der Waals surface area contributed by atoms with Crippen LogP contribution in [0.4, 0.5) is 0 Å². The predicted molar refractivity (Wildman–Crippen MR) is 67.1 cm³/mol. The lowest BCUT2D eigenvalue weighted by molar-refractivity contribution is 0.161. The topological polar surface area (TPSA) is 32.3 Å². The predicted octanol–water partition coefficient (Wildman–Crippen LogP) is 3.17. The van der Waals surface area contributed by atoms with Crippen molar-refractivity contribution in [2.45, 2.75) is 31.4 Å². The SMILES string of the molecule is OC(CNC1CCC1)c1cc(Cl)ccc1Cl. The molecule has 1 aliphatic carbocycles. The van der Waals surface area contributed by atoms with Crippen molar-refractivity contribution in [2.75, 3.05) is 6.54 Å². The Bertz CT molecular complexity index is 366. The van der Waals surface area contributed by atoms with E-state index in [1.54, 1.807) is 18.2 Å². The summed E-state index contributed by atoms with van der Waals surface area (Å²) in [7, 11) is 0. The Morgan fingerprint density at radius 3 is 2.75 bits per heavy atom. The molecule has 1 unspecified atom stereocenters. The van der Waals surface area contributed by atoms with Gasteiger partial charge < -0.3 is 10.4 Å². The first-order chi connectivity index (χ1) is 7.66. The number of halogens is 2. The number of rotatable bonds is 4. The van der Waals surface area contributed by atoms with E-state index in [0.717, 1.165) is 0 Å². The maximum absolute atomic E-state index is 9.99. The Labute approximate surface area is 106 Å². The summed E-state index contributed by atoms with van der Waals surface area (Å²) < 4.78 is 0. The largest absolute Gasteiger partial charge is 0.387 e. The minimum Gasteiger partial charge on any atom is -0.387 e. The molecule has 0 aliphatic heterocycles. The van der Waals surface area contributed by atoms with Gasteiger partial charge in [-0.1, -0.05) is 29.6 Å². The van der Waals surface area contributed by atoms with Crippen molar-refractivity contribution in [2.24, 2.45) is 0 Å². The molecule has 4 heteroatoms. The van der Waals surface area contributed by atoms with Gasteiger partial charge in [-0.2, -0.15) is 0 Å². The Kier molecular flexibility index (Phi) is 4.09. The molecule has 0 heterocycles. The van der Waals surface area contributed by atoms with E-state index in [2.05, 4.69) is 5.32 Å². The molecule has 0 aromatic heterocycles. The van der Waals surface area contributed by atoms with Crippen molar-refractivity contribution in [1.29, 1.82) is 0 Å². The van der Waals surface area contributed by atoms with Gasteiger partial charge in [-0.15, -0.1) is 0 Å². The third-order valence-corrected chi connectivity index (χ3v) is 3.60. The maximum atomic E-state index is 9.99. The number of hydrogen-bond acceptors (Lipinski definition) is 2. The normalized spacial score (nSPS) is 18.2. The van der Waals surface area contributed by atoms with Gasteiger partial charge in [-0.3, -0.25) is 0 Å². The summed E-state index contributed by atoms with van der Waals surface area (Å²) in [5.41, 5.74) is 0.695. The van der Waals surface area contributed by atoms with Gasteiger partial charge in [0.15, 0.2) is 0 Å². The van der Waals surface area contributed by atoms with E-state index in [0.29, 0.717) is 28.2 Å². The van der Waals surface area contributed by atoms with Gasteiger partial charge in [0.25, 0.3) is 0 Å². The molecule has 1 aromatic carbocycles. The highest BCUT2D eigenvalue weighted by molar-refractivity contribution is 6.33. The van der Waals surface area contributed by atoms with Crippen LogP contribution >= 0.6 is 23.2 Å². The quantitative estimate of drug-likeness (QED) is 0.871. The molecular weight excluding hydrogens is 245 g/mol. The Balaban J connectivity index is 1.95. The first-order valence-corrected chi connectivity index (χ1v) is 6.29. The first-order valence-electron chi connectivity index (χ1n) is 5.53. The summed E-state index contributed by atoms with van der Waals surface area (Å²) in [5.74, 6) is 0. The average Bonchev–Trinajstić information content (AvgIpc) is 2.19. The lowest BCUT2D eigenvalue weighted by Crippen LogP contribution is -2.37. The lowest BCUT2D eigenvalue weighted by Gasteiger charge is -2.28. The van der Waals surface area contributed by atoms with Crippen molar-refractivity contribution < 1.29 is 5.11 Å². The monoisotopic (exact) mass is 259 g/mol. The fourth-order valence-electron chi connectivity index (χ4n) is 1.77. The van der Waals surface area contributed by atoms with E-state index >= 15 is 0 Å². The van der Waals surface area contributed by atoms with Crippen LogP contribution in [0.2, 0.25) is 10.0 Å². The highest BCUT2D eigenvalue weighted by Crippen LogP contribution is 2.26. The van der Waals surface area contributed by atoms with E-state index in [1.807, 2.05) is 0 Å². The van der Waals surface area contributed by atoms with E-state index in [1.165, 1.54) is 19.3 Å². The molecule has 2 N–H and O–H groups in total. The second-order valence-corrected chi connectivity index (χ2v) is 5.06. The lowest BCUT2D eigenvalue weighted by atomic mass is 9.93. The fourth-order valence-corrected chi connectivity index (χ4v) is 2.19. The second-order valence-electron chi connectivity index (χ2n) is 4.22. The molecule has 1 aliphatic rings. The Morgan fingerprint density at radius 1 is 1.38 bits per heavy atom. The van der Waals surface area contributed by atoms with Crippen LogP contribution in [0, 0.1) is 0 Å². The van der Waals surface area contributed by atoms with Crippen LogP contribution in [-0.2, 0) is 0 Å². The zero-order chi connectivity index (χ0) is 11.5. The van der Waals surface area contributed by atoms with Crippen LogP contribution in [-0.4, -0.2) is 17.7 Å². The molecular formula is C12H15Cl2NO. The molecule has 1 fully saturated rings. The zero-order valence-electron chi connectivity index (χ0n) is 8.92. The van der Waals surface area contributed by atoms with Crippen molar-refractivity contribution in [3.05, 3.63) is 33.8 Å². The Hall–Kier alpha value is -0.280. The molecule has 16 heavy (non-hydrogen) atoms. The standard InChI is InChI=1S/C12H15Cl2NO/c13-8-4-5-11(14)10(6-8)12(16)7-15-9-2-1-3-9/h4-6,9,12,15-16H,1-3,7H2. The summed E-state index contributed by atoms with van der Waals surface area (Å²) in [5, 5.41) is 14.5. The van der Waals surface area contributed by atoms with Gasteiger partial charge in [-0.05, 0) is 31.0 Å². The van der Waals surface area contributed by atoms with Gasteiger partial charge in [0.2, 0.25) is 0 Å². The van der Waals surface area contributed by atoms with E-state index in [9.17, 15) is 5.11 Å². The van der Waals surface area contributed by atoms with Gasteiger partial charge in [0.1, 0.15) is 0 Å². The van der Waals surface area contributed by atoms with Gasteiger partial charge in [0, 0.05) is 28.2 Å². The average molecular weight is 260 g/mol. The second kappa shape index (κ2) is 5.37. The van der Waals surface area contributed by atoms with Crippen LogP contribution < -0.4 is 5.32 Å². The molecule has 0 spiro atoms. The van der Waals surface area contributed by atoms with Crippen LogP contribution in [0.5, 0.6) is 0 Å². The van der Waals surface area contributed by atoms with Crippen molar-refractivity contribution >= 4 is 23.2 Å². The van der Waals surface area contributed by atoms with Crippen molar-refractivity contribution in [1.82, 2.24) is 5.32 Å². The highest BCUT2D eigenvalue weighted by Gasteiger charge is 2.19. The summed E-state index contributed by atoms with van der Waals surface area (Å²) in [6, 6.07) is 5.72. The fraction of sp³-hybridized carbons (Fsp3) is 0.500. The number of aliphatic hydroxyl groups is 1.